The number of carbonyl (C=O) groups excluding carboxylic acids is 1. The molecule has 4 rings (SSSR count). The summed E-state index contributed by atoms with van der Waals surface area (Å²) in [5.74, 6) is 0.198. The summed E-state index contributed by atoms with van der Waals surface area (Å²) in [6.45, 7) is 3.62. The molecule has 1 aliphatic carbocycles. The molecule has 3 heterocycles. The fourth-order valence-corrected chi connectivity index (χ4v) is 4.05. The van der Waals surface area contributed by atoms with Gasteiger partial charge in [-0.05, 0) is 46.9 Å². The number of morpholine rings is 1. The standard InChI is InChI=1S/C19H23N3O2S/c23-19(22(17-3-4-17)13-15-5-11-25-14-15)18(16-2-1-6-20-12-16)21-7-9-24-10-8-21/h1-2,5-6,11-12,14,17-18H,3-4,7-10,13H2. The highest BCUT2D eigenvalue weighted by molar-refractivity contribution is 7.07. The molecule has 5 nitrogen and oxygen atoms in total. The largest absolute Gasteiger partial charge is 0.379 e. The molecule has 2 aromatic rings. The number of thiophene rings is 1. The van der Waals surface area contributed by atoms with Gasteiger partial charge in [0.2, 0.25) is 5.91 Å². The van der Waals surface area contributed by atoms with Crippen LogP contribution in [-0.4, -0.2) is 53.0 Å². The van der Waals surface area contributed by atoms with Crippen LogP contribution in [0.3, 0.4) is 0 Å². The Labute approximate surface area is 152 Å². The zero-order chi connectivity index (χ0) is 17.1. The van der Waals surface area contributed by atoms with Gasteiger partial charge in [0.25, 0.3) is 0 Å². The summed E-state index contributed by atoms with van der Waals surface area (Å²) < 4.78 is 5.49. The van der Waals surface area contributed by atoms with Crippen molar-refractivity contribution >= 4 is 17.2 Å². The van der Waals surface area contributed by atoms with Crippen LogP contribution in [-0.2, 0) is 16.1 Å². The molecule has 2 fully saturated rings. The second kappa shape index (κ2) is 7.64. The van der Waals surface area contributed by atoms with E-state index in [1.54, 1.807) is 17.5 Å². The maximum absolute atomic E-state index is 13.6. The van der Waals surface area contributed by atoms with Crippen molar-refractivity contribution in [3.05, 3.63) is 52.5 Å². The lowest BCUT2D eigenvalue weighted by molar-refractivity contribution is -0.140. The van der Waals surface area contributed by atoms with Crippen molar-refractivity contribution in [1.82, 2.24) is 14.8 Å². The SMILES string of the molecule is O=C(C(c1cccnc1)N1CCOCC1)N(Cc1ccsc1)C1CC1. The average molecular weight is 357 g/mol. The molecule has 132 valence electrons. The van der Waals surface area contributed by atoms with Gasteiger partial charge in [0.15, 0.2) is 0 Å². The Morgan fingerprint density at radius 3 is 2.84 bits per heavy atom. The average Bonchev–Trinajstić information content (AvgIpc) is 3.37. The van der Waals surface area contributed by atoms with Crippen LogP contribution in [0, 0.1) is 0 Å². The molecule has 0 spiro atoms. The third kappa shape index (κ3) is 3.92. The minimum atomic E-state index is -0.267. The summed E-state index contributed by atoms with van der Waals surface area (Å²) in [5.41, 5.74) is 2.20. The summed E-state index contributed by atoms with van der Waals surface area (Å²) in [6.07, 6.45) is 5.81. The Morgan fingerprint density at radius 1 is 1.36 bits per heavy atom. The van der Waals surface area contributed by atoms with Crippen LogP contribution in [0.5, 0.6) is 0 Å². The molecule has 1 amide bonds. The monoisotopic (exact) mass is 357 g/mol. The van der Waals surface area contributed by atoms with Crippen molar-refractivity contribution in [1.29, 1.82) is 0 Å². The molecule has 1 saturated carbocycles. The first kappa shape index (κ1) is 16.7. The fraction of sp³-hybridized carbons (Fsp3) is 0.474. The second-order valence-corrected chi connectivity index (χ2v) is 7.45. The molecule has 1 aliphatic heterocycles. The van der Waals surface area contributed by atoms with E-state index < -0.39 is 0 Å². The minimum Gasteiger partial charge on any atom is -0.379 e. The highest BCUT2D eigenvalue weighted by atomic mass is 32.1. The van der Waals surface area contributed by atoms with Gasteiger partial charge in [0.05, 0.1) is 13.2 Å². The van der Waals surface area contributed by atoms with Crippen molar-refractivity contribution in [3.8, 4) is 0 Å². The molecule has 1 saturated heterocycles. The summed E-state index contributed by atoms with van der Waals surface area (Å²) in [7, 11) is 0. The number of nitrogens with zero attached hydrogens (tertiary/aromatic N) is 3. The number of aromatic nitrogens is 1. The van der Waals surface area contributed by atoms with Gasteiger partial charge in [0.1, 0.15) is 6.04 Å². The molecule has 0 aromatic carbocycles. The maximum Gasteiger partial charge on any atom is 0.245 e. The molecule has 6 heteroatoms. The first-order valence-corrected chi connectivity index (χ1v) is 9.80. The molecule has 2 aromatic heterocycles. The van der Waals surface area contributed by atoms with Crippen LogP contribution in [0.2, 0.25) is 0 Å². The Morgan fingerprint density at radius 2 is 2.20 bits per heavy atom. The Bertz CT molecular complexity index is 682. The van der Waals surface area contributed by atoms with E-state index in [1.165, 1.54) is 5.56 Å². The van der Waals surface area contributed by atoms with E-state index in [-0.39, 0.29) is 11.9 Å². The van der Waals surface area contributed by atoms with Gasteiger partial charge in [-0.25, -0.2) is 0 Å². The Hall–Kier alpha value is -1.76. The second-order valence-electron chi connectivity index (χ2n) is 6.67. The zero-order valence-electron chi connectivity index (χ0n) is 14.2. The number of amides is 1. The minimum absolute atomic E-state index is 0.198. The summed E-state index contributed by atoms with van der Waals surface area (Å²) in [5, 5.41) is 4.21. The van der Waals surface area contributed by atoms with Crippen LogP contribution in [0.1, 0.15) is 30.0 Å². The zero-order valence-corrected chi connectivity index (χ0v) is 15.0. The topological polar surface area (TPSA) is 45.7 Å². The van der Waals surface area contributed by atoms with E-state index >= 15 is 0 Å². The molecule has 2 aliphatic rings. The van der Waals surface area contributed by atoms with Crippen molar-refractivity contribution in [2.45, 2.75) is 31.5 Å². The van der Waals surface area contributed by atoms with E-state index in [1.807, 2.05) is 18.3 Å². The van der Waals surface area contributed by atoms with Crippen molar-refractivity contribution in [3.63, 3.8) is 0 Å². The van der Waals surface area contributed by atoms with E-state index in [4.69, 9.17) is 4.74 Å². The highest BCUT2D eigenvalue weighted by Gasteiger charge is 2.39. The van der Waals surface area contributed by atoms with Gasteiger partial charge < -0.3 is 9.64 Å². The molecule has 0 N–H and O–H groups in total. The van der Waals surface area contributed by atoms with Gasteiger partial charge in [-0.2, -0.15) is 11.3 Å². The first-order chi connectivity index (χ1) is 12.3. The van der Waals surface area contributed by atoms with Crippen LogP contribution >= 0.6 is 11.3 Å². The molecule has 0 bridgehead atoms. The van der Waals surface area contributed by atoms with Gasteiger partial charge >= 0.3 is 0 Å². The third-order valence-electron chi connectivity index (χ3n) is 4.85. The van der Waals surface area contributed by atoms with Crippen LogP contribution in [0.15, 0.2) is 41.4 Å². The number of hydrogen-bond acceptors (Lipinski definition) is 5. The van der Waals surface area contributed by atoms with Crippen molar-refractivity contribution in [2.24, 2.45) is 0 Å². The lowest BCUT2D eigenvalue weighted by Gasteiger charge is -2.36. The number of hydrogen-bond donors (Lipinski definition) is 0. The quantitative estimate of drug-likeness (QED) is 0.797. The molecule has 1 atom stereocenters. The number of carbonyl (C=O) groups is 1. The lowest BCUT2D eigenvalue weighted by atomic mass is 10.0. The van der Waals surface area contributed by atoms with Crippen molar-refractivity contribution in [2.75, 3.05) is 26.3 Å². The summed E-state index contributed by atoms with van der Waals surface area (Å²) in [6, 6.07) is 6.16. The Balaban J connectivity index is 1.61. The summed E-state index contributed by atoms with van der Waals surface area (Å²) in [4.78, 5) is 22.1. The number of pyridine rings is 1. The van der Waals surface area contributed by atoms with E-state index in [2.05, 4.69) is 31.6 Å². The molecule has 0 radical (unpaired) electrons. The predicted molar refractivity (Wildman–Crippen MR) is 97.3 cm³/mol. The van der Waals surface area contributed by atoms with Gasteiger partial charge in [-0.1, -0.05) is 6.07 Å². The number of rotatable bonds is 6. The fourth-order valence-electron chi connectivity index (χ4n) is 3.39. The van der Waals surface area contributed by atoms with Gasteiger partial charge in [0, 0.05) is 38.1 Å². The van der Waals surface area contributed by atoms with Gasteiger partial charge in [-0.3, -0.25) is 14.7 Å². The number of ether oxygens (including phenoxy) is 1. The van der Waals surface area contributed by atoms with E-state index in [0.717, 1.165) is 31.5 Å². The lowest BCUT2D eigenvalue weighted by Crippen LogP contribution is -2.47. The normalized spacial score (nSPS) is 19.5. The van der Waals surface area contributed by atoms with Crippen LogP contribution < -0.4 is 0 Å². The predicted octanol–water partition coefficient (Wildman–Crippen LogP) is 2.71. The van der Waals surface area contributed by atoms with E-state index in [0.29, 0.717) is 25.8 Å². The Kier molecular flexibility index (Phi) is 5.10. The molecule has 1 unspecified atom stereocenters. The smallest absolute Gasteiger partial charge is 0.245 e. The van der Waals surface area contributed by atoms with Crippen molar-refractivity contribution < 1.29 is 9.53 Å². The third-order valence-corrected chi connectivity index (χ3v) is 5.58. The van der Waals surface area contributed by atoms with E-state index in [9.17, 15) is 4.79 Å². The molecular weight excluding hydrogens is 334 g/mol. The highest BCUT2D eigenvalue weighted by Crippen LogP contribution is 2.33. The molecule has 25 heavy (non-hydrogen) atoms. The van der Waals surface area contributed by atoms with Crippen LogP contribution in [0.4, 0.5) is 0 Å². The maximum atomic E-state index is 13.6. The summed E-state index contributed by atoms with van der Waals surface area (Å²) >= 11 is 1.68. The van der Waals surface area contributed by atoms with Gasteiger partial charge in [-0.15, -0.1) is 0 Å². The first-order valence-electron chi connectivity index (χ1n) is 8.86. The molecular formula is C19H23N3O2S. The van der Waals surface area contributed by atoms with Crippen LogP contribution in [0.25, 0.3) is 0 Å².